The average Bonchev–Trinajstić information content (AvgIpc) is 3.55. The fourth-order valence-corrected chi connectivity index (χ4v) is 11.4. The molecule has 2 amide bonds. The van der Waals surface area contributed by atoms with Crippen LogP contribution in [-0.2, 0) is 28.4 Å². The van der Waals surface area contributed by atoms with Crippen molar-refractivity contribution in [3.63, 3.8) is 0 Å². The molecule has 12 heteroatoms. The van der Waals surface area contributed by atoms with Crippen molar-refractivity contribution >= 4 is 17.6 Å². The molecular formula is C41H47F6N3O3. The van der Waals surface area contributed by atoms with Crippen molar-refractivity contribution in [3.8, 4) is 0 Å². The third-order valence-electron chi connectivity index (χ3n) is 14.1. The molecule has 0 radical (unpaired) electrons. The number of hydrogen-bond acceptors (Lipinski definition) is 4. The summed E-state index contributed by atoms with van der Waals surface area (Å²) < 4.78 is 82.0. The van der Waals surface area contributed by atoms with Gasteiger partial charge in [-0.15, -0.1) is 0 Å². The van der Waals surface area contributed by atoms with Crippen molar-refractivity contribution in [3.05, 3.63) is 70.8 Å². The summed E-state index contributed by atoms with van der Waals surface area (Å²) in [6.07, 6.45) is -0.0680. The first-order valence-corrected chi connectivity index (χ1v) is 19.3. The van der Waals surface area contributed by atoms with Crippen LogP contribution >= 0.6 is 0 Å². The number of rotatable bonds is 7. The van der Waals surface area contributed by atoms with E-state index in [0.29, 0.717) is 62.1 Å². The van der Waals surface area contributed by atoms with Gasteiger partial charge in [0.25, 0.3) is 5.91 Å². The Bertz CT molecular complexity index is 1680. The van der Waals surface area contributed by atoms with Crippen molar-refractivity contribution in [2.75, 3.05) is 32.7 Å². The Morgan fingerprint density at radius 3 is 1.98 bits per heavy atom. The van der Waals surface area contributed by atoms with E-state index in [1.807, 2.05) is 35.2 Å². The molecule has 3 heterocycles. The second kappa shape index (κ2) is 13.4. The van der Waals surface area contributed by atoms with Crippen LogP contribution in [-0.4, -0.2) is 77.1 Å². The molecule has 3 aliphatic heterocycles. The van der Waals surface area contributed by atoms with Gasteiger partial charge in [-0.2, -0.15) is 26.3 Å². The van der Waals surface area contributed by atoms with E-state index >= 15 is 0 Å². The van der Waals surface area contributed by atoms with Gasteiger partial charge in [-0.25, -0.2) is 0 Å². The Balaban J connectivity index is 0.917. The number of carbonyl (C=O) groups excluding carboxylic acids is 3. The molecule has 1 spiro atoms. The molecule has 4 atom stereocenters. The number of nitrogens with zero attached hydrogens (tertiary/aromatic N) is 3. The molecule has 286 valence electrons. The number of ketones is 1. The summed E-state index contributed by atoms with van der Waals surface area (Å²) in [6.45, 7) is 2.57. The molecule has 7 aliphatic rings. The quantitative estimate of drug-likeness (QED) is 0.270. The van der Waals surface area contributed by atoms with E-state index < -0.39 is 41.0 Å². The first-order chi connectivity index (χ1) is 25.1. The summed E-state index contributed by atoms with van der Waals surface area (Å²) in [5, 5.41) is 0. The number of piperidine rings is 3. The zero-order valence-corrected chi connectivity index (χ0v) is 29.9. The summed E-state index contributed by atoms with van der Waals surface area (Å²) in [5.74, 6) is 1.60. The fourth-order valence-electron chi connectivity index (χ4n) is 11.4. The van der Waals surface area contributed by atoms with Gasteiger partial charge in [-0.3, -0.25) is 14.4 Å². The molecule has 4 unspecified atom stereocenters. The highest BCUT2D eigenvalue weighted by molar-refractivity contribution is 5.95. The monoisotopic (exact) mass is 743 g/mol. The smallest absolute Gasteiger partial charge is 0.335 e. The largest absolute Gasteiger partial charge is 0.416 e. The molecule has 2 aromatic rings. The molecule has 6 nitrogen and oxygen atoms in total. The van der Waals surface area contributed by atoms with Gasteiger partial charge in [-0.1, -0.05) is 30.3 Å². The van der Waals surface area contributed by atoms with Crippen LogP contribution in [0.15, 0.2) is 48.5 Å². The highest BCUT2D eigenvalue weighted by atomic mass is 19.4. The van der Waals surface area contributed by atoms with Crippen LogP contribution < -0.4 is 0 Å². The normalized spacial score (nSPS) is 31.4. The lowest BCUT2D eigenvalue weighted by Crippen LogP contribution is -2.56. The molecule has 4 aliphatic carbocycles. The van der Waals surface area contributed by atoms with Crippen molar-refractivity contribution in [1.29, 1.82) is 0 Å². The van der Waals surface area contributed by atoms with Gasteiger partial charge >= 0.3 is 12.4 Å². The van der Waals surface area contributed by atoms with Crippen molar-refractivity contribution in [2.24, 2.45) is 28.6 Å². The first-order valence-electron chi connectivity index (χ1n) is 19.3. The molecule has 9 rings (SSSR count). The number of alkyl halides is 6. The van der Waals surface area contributed by atoms with E-state index in [4.69, 9.17) is 0 Å². The molecule has 0 N–H and O–H groups in total. The summed E-state index contributed by atoms with van der Waals surface area (Å²) >= 11 is 0. The zero-order valence-electron chi connectivity index (χ0n) is 29.9. The maximum absolute atomic E-state index is 13.8. The van der Waals surface area contributed by atoms with E-state index in [9.17, 15) is 40.7 Å². The van der Waals surface area contributed by atoms with Crippen molar-refractivity contribution < 1.29 is 40.7 Å². The highest BCUT2D eigenvalue weighted by Gasteiger charge is 2.59. The SMILES string of the molecule is O=C1CC2(CCN1CC(=O)C13CC4CC(C1)C(C4)C3)CCN(C1CCN(C(=O)c3cc(C(F)(F)F)cc(C(F)(F)F)c3)C(Cc3ccccc3)C1)CC2. The number of hydrogen-bond donors (Lipinski definition) is 0. The van der Waals surface area contributed by atoms with Crippen LogP contribution in [0, 0.1) is 28.6 Å². The number of benzene rings is 2. The van der Waals surface area contributed by atoms with Crippen molar-refractivity contribution in [1.82, 2.24) is 14.7 Å². The summed E-state index contributed by atoms with van der Waals surface area (Å²) in [4.78, 5) is 46.6. The van der Waals surface area contributed by atoms with E-state index in [0.717, 1.165) is 57.2 Å². The van der Waals surface area contributed by atoms with E-state index in [-0.39, 0.29) is 47.7 Å². The van der Waals surface area contributed by atoms with Crippen molar-refractivity contribution in [2.45, 2.75) is 101 Å². The Morgan fingerprint density at radius 1 is 0.774 bits per heavy atom. The van der Waals surface area contributed by atoms with E-state index in [1.165, 1.54) is 17.7 Å². The topological polar surface area (TPSA) is 60.9 Å². The summed E-state index contributed by atoms with van der Waals surface area (Å²) in [5.41, 5.74) is -3.02. The molecule has 0 aromatic heterocycles. The summed E-state index contributed by atoms with van der Waals surface area (Å²) in [7, 11) is 0. The third-order valence-corrected chi connectivity index (χ3v) is 14.1. The van der Waals surface area contributed by atoms with E-state index in [2.05, 4.69) is 4.90 Å². The van der Waals surface area contributed by atoms with Gasteiger partial charge in [0.15, 0.2) is 5.78 Å². The van der Waals surface area contributed by atoms with Gasteiger partial charge in [0, 0.05) is 42.6 Å². The molecule has 4 bridgehead atoms. The average molecular weight is 744 g/mol. The van der Waals surface area contributed by atoms with Gasteiger partial charge in [-0.05, 0) is 131 Å². The maximum atomic E-state index is 13.8. The number of Topliss-reactive ketones (excluding diaryl/α,β-unsaturated/α-hetero) is 1. The minimum Gasteiger partial charge on any atom is -0.335 e. The van der Waals surface area contributed by atoms with Crippen LogP contribution in [0.4, 0.5) is 26.3 Å². The minimum atomic E-state index is -5.05. The second-order valence-electron chi connectivity index (χ2n) is 17.3. The van der Waals surface area contributed by atoms with Crippen LogP contribution in [0.1, 0.15) is 97.7 Å². The molecule has 4 saturated carbocycles. The lowest BCUT2D eigenvalue weighted by Gasteiger charge is -2.50. The predicted octanol–water partition coefficient (Wildman–Crippen LogP) is 8.04. The lowest BCUT2D eigenvalue weighted by atomic mass is 9.66. The van der Waals surface area contributed by atoms with Gasteiger partial charge in [0.05, 0.1) is 17.7 Å². The Morgan fingerprint density at radius 2 is 1.40 bits per heavy atom. The minimum absolute atomic E-state index is 0.0485. The Labute approximate surface area is 306 Å². The standard InChI is InChI=1S/C41H47F6N3O3/c42-40(43,44)31-17-28(18-32(19-31)41(45,46)47)37(53)50-10-6-33(20-34(50)16-26-4-2-1-3-5-26)48-11-7-38(8-12-48)9-13-49(36(52)24-38)25-35(51)39-21-27-14-29(22-39)30(15-27)23-39/h1-5,17-19,27,29-30,33-34H,6-16,20-25H2. The molecule has 7 fully saturated rings. The molecule has 53 heavy (non-hydrogen) atoms. The van der Waals surface area contributed by atoms with Gasteiger partial charge in [0.2, 0.25) is 5.91 Å². The van der Waals surface area contributed by atoms with Gasteiger partial charge < -0.3 is 14.7 Å². The van der Waals surface area contributed by atoms with Crippen LogP contribution in [0.5, 0.6) is 0 Å². The number of likely N-dealkylation sites (tertiary alicyclic amines) is 3. The third kappa shape index (κ3) is 7.13. The molecule has 2 aromatic carbocycles. The Hall–Kier alpha value is -3.41. The summed E-state index contributed by atoms with van der Waals surface area (Å²) in [6, 6.07) is 10.1. The van der Waals surface area contributed by atoms with Gasteiger partial charge in [0.1, 0.15) is 0 Å². The van der Waals surface area contributed by atoms with Crippen LogP contribution in [0.3, 0.4) is 0 Å². The van der Waals surface area contributed by atoms with Crippen LogP contribution in [0.2, 0.25) is 0 Å². The highest BCUT2D eigenvalue weighted by Crippen LogP contribution is 2.64. The fraction of sp³-hybridized carbons (Fsp3) is 0.634. The first kappa shape index (κ1) is 36.6. The number of halogens is 6. The maximum Gasteiger partial charge on any atom is 0.416 e. The number of carbonyl (C=O) groups is 3. The second-order valence-corrected chi connectivity index (χ2v) is 17.3. The predicted molar refractivity (Wildman–Crippen MR) is 184 cm³/mol. The van der Waals surface area contributed by atoms with Crippen LogP contribution in [0.25, 0.3) is 0 Å². The number of amides is 2. The zero-order chi connectivity index (χ0) is 37.3. The lowest BCUT2D eigenvalue weighted by molar-refractivity contribution is -0.146. The Kier molecular flexibility index (Phi) is 9.25. The molecular weight excluding hydrogens is 696 g/mol. The molecule has 3 saturated heterocycles. The van der Waals surface area contributed by atoms with E-state index in [1.54, 1.807) is 0 Å².